The molecule has 3 aliphatic carbocycles. The van der Waals surface area contributed by atoms with Crippen molar-refractivity contribution in [1.29, 1.82) is 0 Å². The molecule has 2 bridgehead atoms. The van der Waals surface area contributed by atoms with Crippen molar-refractivity contribution in [1.82, 2.24) is 9.47 Å². The lowest BCUT2D eigenvalue weighted by Crippen LogP contribution is -2.74. The summed E-state index contributed by atoms with van der Waals surface area (Å²) < 4.78 is 16.2. The van der Waals surface area contributed by atoms with Crippen LogP contribution >= 0.6 is 0 Å². The first-order valence-electron chi connectivity index (χ1n) is 16.9. The van der Waals surface area contributed by atoms with E-state index in [2.05, 4.69) is 64.1 Å². The normalized spacial score (nSPS) is 27.2. The molecule has 0 unspecified atom stereocenters. The Morgan fingerprint density at radius 2 is 1.70 bits per heavy atom. The number of aromatic hydroxyl groups is 1. The van der Waals surface area contributed by atoms with Crippen LogP contribution in [0.15, 0.2) is 91.0 Å². The molecular weight excluding hydrogens is 572 g/mol. The molecule has 1 saturated carbocycles. The number of piperidine rings is 1. The van der Waals surface area contributed by atoms with Crippen molar-refractivity contribution >= 4 is 10.9 Å². The Hall–Kier alpha value is -4.26. The van der Waals surface area contributed by atoms with Crippen molar-refractivity contribution in [3.8, 4) is 17.2 Å². The molecule has 46 heavy (non-hydrogen) atoms. The van der Waals surface area contributed by atoms with E-state index in [0.29, 0.717) is 19.6 Å². The minimum Gasteiger partial charge on any atom is -0.508 e. The molecule has 1 spiro atoms. The fourth-order valence-electron chi connectivity index (χ4n) is 9.61. The van der Waals surface area contributed by atoms with Crippen LogP contribution in [0.5, 0.6) is 17.2 Å². The number of likely N-dealkylation sites (tertiary alicyclic amines) is 1. The third-order valence-electron chi connectivity index (χ3n) is 11.8. The van der Waals surface area contributed by atoms with Gasteiger partial charge in [-0.15, -0.1) is 0 Å². The number of hydrogen-bond donors (Lipinski definition) is 2. The number of ether oxygens (including phenoxy) is 2. The molecule has 10 rings (SSSR count). The zero-order chi connectivity index (χ0) is 30.6. The standard InChI is InChI=1S/C40H38N2O4/c43-29-14-15-32-30(20-29)31-21-40(44)34-19-28-13-16-33(45-24-27-9-5-2-6-10-27)37-35(28)39(40,17-18-41(34)22-26-11-12-26)38(46-37)36(31)42(32)23-25-7-3-1-4-8-25/h1-10,13-16,20,26,34,38,43-44H,11-12,17-19,21-24H2/t34-,38-,39-,40+/m0/s1. The van der Waals surface area contributed by atoms with Gasteiger partial charge in [-0.3, -0.25) is 4.90 Å². The smallest absolute Gasteiger partial charge is 0.166 e. The maximum Gasteiger partial charge on any atom is 0.166 e. The fourth-order valence-corrected chi connectivity index (χ4v) is 9.61. The number of benzene rings is 4. The number of nitrogens with zero attached hydrogens (tertiary/aromatic N) is 2. The number of phenolic OH excluding ortho intramolecular Hbond substituents is 1. The maximum absolute atomic E-state index is 13.5. The number of aliphatic hydroxyl groups is 1. The van der Waals surface area contributed by atoms with E-state index in [1.54, 1.807) is 6.07 Å². The van der Waals surface area contributed by atoms with Crippen LogP contribution in [-0.4, -0.2) is 44.4 Å². The van der Waals surface area contributed by atoms with Gasteiger partial charge < -0.3 is 24.3 Å². The van der Waals surface area contributed by atoms with Gasteiger partial charge in [0.05, 0.1) is 16.7 Å². The molecule has 4 aromatic carbocycles. The number of phenols is 1. The van der Waals surface area contributed by atoms with Crippen molar-refractivity contribution in [3.63, 3.8) is 0 Å². The average molecular weight is 611 g/mol. The molecule has 5 aliphatic rings. The van der Waals surface area contributed by atoms with Gasteiger partial charge in [-0.05, 0) is 84.7 Å². The summed E-state index contributed by atoms with van der Waals surface area (Å²) in [6.07, 6.45) is 4.36. The van der Waals surface area contributed by atoms with Crippen LogP contribution < -0.4 is 9.47 Å². The molecule has 2 aliphatic heterocycles. The van der Waals surface area contributed by atoms with Crippen LogP contribution in [0.4, 0.5) is 0 Å². The Morgan fingerprint density at radius 1 is 0.913 bits per heavy atom. The van der Waals surface area contributed by atoms with Crippen LogP contribution in [-0.2, 0) is 31.4 Å². The summed E-state index contributed by atoms with van der Waals surface area (Å²) in [7, 11) is 0. The third kappa shape index (κ3) is 3.66. The second-order valence-corrected chi connectivity index (χ2v) is 14.3. The van der Waals surface area contributed by atoms with Gasteiger partial charge in [0.1, 0.15) is 12.4 Å². The van der Waals surface area contributed by atoms with Crippen molar-refractivity contribution in [2.24, 2.45) is 5.92 Å². The Kier molecular flexibility index (Phi) is 5.63. The third-order valence-corrected chi connectivity index (χ3v) is 11.8. The molecule has 3 heterocycles. The summed E-state index contributed by atoms with van der Waals surface area (Å²) in [5.74, 6) is 2.53. The van der Waals surface area contributed by atoms with E-state index in [-0.39, 0.29) is 17.9 Å². The van der Waals surface area contributed by atoms with Gasteiger partial charge in [-0.2, -0.15) is 0 Å². The SMILES string of the molecule is Oc1ccc2c(c1)c1c(n2Cc2ccccc2)[C@@H]2Oc3c(OCc4ccccc4)ccc4c3[C@@]23CCN(CC2CC2)[C@@H](C4)[C@]3(O)C1. The van der Waals surface area contributed by atoms with Gasteiger partial charge in [0.25, 0.3) is 0 Å². The first kappa shape index (κ1) is 26.9. The Labute approximate surface area is 268 Å². The summed E-state index contributed by atoms with van der Waals surface area (Å²) in [5.41, 5.74) is 6.44. The molecule has 1 aromatic heterocycles. The number of hydrogen-bond acceptors (Lipinski definition) is 5. The Balaban J connectivity index is 1.19. The molecule has 232 valence electrons. The van der Waals surface area contributed by atoms with Crippen LogP contribution in [0.25, 0.3) is 10.9 Å². The minimum absolute atomic E-state index is 0.000435. The molecule has 1 saturated heterocycles. The molecule has 0 amide bonds. The van der Waals surface area contributed by atoms with Gasteiger partial charge in [0.2, 0.25) is 0 Å². The Bertz CT molecular complexity index is 2000. The molecule has 6 nitrogen and oxygen atoms in total. The van der Waals surface area contributed by atoms with E-state index in [9.17, 15) is 10.2 Å². The molecule has 0 radical (unpaired) electrons. The monoisotopic (exact) mass is 610 g/mol. The van der Waals surface area contributed by atoms with E-state index in [1.165, 1.54) is 24.0 Å². The Morgan fingerprint density at radius 3 is 2.48 bits per heavy atom. The predicted molar refractivity (Wildman–Crippen MR) is 176 cm³/mol. The summed E-state index contributed by atoms with van der Waals surface area (Å²) in [4.78, 5) is 2.60. The highest BCUT2D eigenvalue weighted by atomic mass is 16.5. The van der Waals surface area contributed by atoms with Gasteiger partial charge in [-0.1, -0.05) is 66.7 Å². The molecular formula is C40H38N2O4. The maximum atomic E-state index is 13.5. The summed E-state index contributed by atoms with van der Waals surface area (Å²) >= 11 is 0. The first-order valence-corrected chi connectivity index (χ1v) is 16.9. The highest BCUT2D eigenvalue weighted by Gasteiger charge is 2.73. The highest BCUT2D eigenvalue weighted by Crippen LogP contribution is 2.69. The molecule has 6 heteroatoms. The minimum atomic E-state index is -1.02. The largest absolute Gasteiger partial charge is 0.508 e. The van der Waals surface area contributed by atoms with Gasteiger partial charge >= 0.3 is 0 Å². The number of fused-ring (bicyclic) bond motifs is 4. The zero-order valence-electron chi connectivity index (χ0n) is 25.9. The van der Waals surface area contributed by atoms with Gasteiger partial charge in [0, 0.05) is 42.0 Å². The van der Waals surface area contributed by atoms with E-state index in [0.717, 1.165) is 76.6 Å². The predicted octanol–water partition coefficient (Wildman–Crippen LogP) is 6.67. The van der Waals surface area contributed by atoms with Crippen molar-refractivity contribution < 1.29 is 19.7 Å². The second-order valence-electron chi connectivity index (χ2n) is 14.3. The van der Waals surface area contributed by atoms with Gasteiger partial charge in [0.15, 0.2) is 17.6 Å². The molecule has 5 aromatic rings. The summed E-state index contributed by atoms with van der Waals surface area (Å²) in [6, 6.07) is 30.9. The van der Waals surface area contributed by atoms with Gasteiger partial charge in [-0.25, -0.2) is 0 Å². The van der Waals surface area contributed by atoms with Crippen LogP contribution in [0.2, 0.25) is 0 Å². The summed E-state index contributed by atoms with van der Waals surface area (Å²) in [5, 5.41) is 25.2. The number of rotatable bonds is 7. The van der Waals surface area contributed by atoms with Crippen LogP contribution in [0.3, 0.4) is 0 Å². The van der Waals surface area contributed by atoms with E-state index >= 15 is 0 Å². The average Bonchev–Trinajstić information content (AvgIpc) is 3.76. The van der Waals surface area contributed by atoms with E-state index in [1.807, 2.05) is 30.3 Å². The lowest BCUT2D eigenvalue weighted by molar-refractivity contribution is -0.173. The highest BCUT2D eigenvalue weighted by molar-refractivity contribution is 5.88. The lowest BCUT2D eigenvalue weighted by atomic mass is 9.49. The van der Waals surface area contributed by atoms with Crippen LogP contribution in [0, 0.1) is 5.92 Å². The molecule has 2 N–H and O–H groups in total. The van der Waals surface area contributed by atoms with E-state index in [4.69, 9.17) is 9.47 Å². The number of aromatic nitrogens is 1. The first-order chi connectivity index (χ1) is 22.5. The van der Waals surface area contributed by atoms with Crippen molar-refractivity contribution in [3.05, 3.63) is 125 Å². The topological polar surface area (TPSA) is 67.1 Å². The zero-order valence-corrected chi connectivity index (χ0v) is 25.9. The van der Waals surface area contributed by atoms with E-state index < -0.39 is 11.0 Å². The van der Waals surface area contributed by atoms with Crippen LogP contribution in [0.1, 0.15) is 58.9 Å². The molecule has 4 atom stereocenters. The lowest BCUT2D eigenvalue weighted by Gasteiger charge is -2.63. The fraction of sp³-hybridized carbons (Fsp3) is 0.350. The molecule has 2 fully saturated rings. The summed E-state index contributed by atoms with van der Waals surface area (Å²) in [6.45, 7) is 3.14. The van der Waals surface area contributed by atoms with Crippen molar-refractivity contribution in [2.45, 2.75) is 68.4 Å². The quantitative estimate of drug-likeness (QED) is 0.215. The second kappa shape index (κ2) is 9.63. The van der Waals surface area contributed by atoms with Crippen molar-refractivity contribution in [2.75, 3.05) is 13.1 Å².